The Morgan fingerprint density at radius 3 is 2.44 bits per heavy atom. The lowest BCUT2D eigenvalue weighted by molar-refractivity contribution is -0.143. The van der Waals surface area contributed by atoms with E-state index in [9.17, 15) is 14.7 Å². The van der Waals surface area contributed by atoms with Crippen molar-refractivity contribution in [2.75, 3.05) is 13.1 Å². The second-order valence-electron chi connectivity index (χ2n) is 6.33. The predicted octanol–water partition coefficient (Wildman–Crippen LogP) is 1.25. The van der Waals surface area contributed by atoms with Gasteiger partial charge in [0, 0.05) is 19.5 Å². The van der Waals surface area contributed by atoms with Crippen LogP contribution in [0.3, 0.4) is 0 Å². The minimum Gasteiger partial charge on any atom is -0.481 e. The van der Waals surface area contributed by atoms with Gasteiger partial charge in [0.05, 0.1) is 12.0 Å². The monoisotopic (exact) mass is 257 g/mol. The van der Waals surface area contributed by atoms with Crippen molar-refractivity contribution >= 4 is 11.9 Å². The topological polar surface area (TPSA) is 77.8 Å². The highest BCUT2D eigenvalue weighted by atomic mass is 16.4. The molecule has 1 amide bonds. The Kier molecular flexibility index (Phi) is 4.37. The van der Waals surface area contributed by atoms with Crippen LogP contribution in [0.4, 0.5) is 0 Å². The van der Waals surface area contributed by atoms with E-state index < -0.39 is 17.0 Å². The van der Waals surface area contributed by atoms with Crippen LogP contribution in [-0.4, -0.2) is 45.7 Å². The zero-order chi connectivity index (χ0) is 14.0. The smallest absolute Gasteiger partial charge is 0.303 e. The average Bonchev–Trinajstić information content (AvgIpc) is 2.12. The summed E-state index contributed by atoms with van der Waals surface area (Å²) in [6.45, 7) is 6.28. The predicted molar refractivity (Wildman–Crippen MR) is 67.1 cm³/mol. The molecule has 1 aliphatic heterocycles. The largest absolute Gasteiger partial charge is 0.481 e. The molecule has 0 aromatic heterocycles. The lowest BCUT2D eigenvalue weighted by atomic mass is 9.84. The van der Waals surface area contributed by atoms with Crippen LogP contribution >= 0.6 is 0 Å². The number of rotatable bonds is 4. The van der Waals surface area contributed by atoms with Gasteiger partial charge in [0.2, 0.25) is 5.91 Å². The fourth-order valence-electron chi connectivity index (χ4n) is 2.43. The molecule has 5 nitrogen and oxygen atoms in total. The van der Waals surface area contributed by atoms with Crippen molar-refractivity contribution in [3.05, 3.63) is 0 Å². The van der Waals surface area contributed by atoms with Gasteiger partial charge in [0.1, 0.15) is 0 Å². The van der Waals surface area contributed by atoms with E-state index in [2.05, 4.69) is 0 Å². The zero-order valence-electron chi connectivity index (χ0n) is 11.4. The molecule has 1 atom stereocenters. The van der Waals surface area contributed by atoms with Crippen LogP contribution in [0.25, 0.3) is 0 Å². The average molecular weight is 257 g/mol. The van der Waals surface area contributed by atoms with Gasteiger partial charge in [-0.05, 0) is 25.2 Å². The number of aliphatic hydroxyl groups is 1. The SMILES string of the molecule is CC(C)(CC(=O)O)CC(=O)N1CCCC(C)(O)C1. The van der Waals surface area contributed by atoms with E-state index in [4.69, 9.17) is 5.11 Å². The molecule has 0 saturated carbocycles. The third kappa shape index (κ3) is 4.64. The summed E-state index contributed by atoms with van der Waals surface area (Å²) in [5.41, 5.74) is -1.36. The summed E-state index contributed by atoms with van der Waals surface area (Å²) < 4.78 is 0. The number of aliphatic carboxylic acids is 1. The Balaban J connectivity index is 2.57. The molecule has 5 heteroatoms. The van der Waals surface area contributed by atoms with Crippen LogP contribution in [0, 0.1) is 5.41 Å². The molecule has 0 radical (unpaired) electrons. The minimum absolute atomic E-state index is 0.0248. The third-order valence-electron chi connectivity index (χ3n) is 3.29. The molecule has 0 bridgehead atoms. The van der Waals surface area contributed by atoms with E-state index in [1.807, 2.05) is 0 Å². The van der Waals surface area contributed by atoms with Crippen LogP contribution in [0.1, 0.15) is 46.5 Å². The summed E-state index contributed by atoms with van der Waals surface area (Å²) in [6.07, 6.45) is 1.67. The van der Waals surface area contributed by atoms with Gasteiger partial charge in [-0.25, -0.2) is 0 Å². The lowest BCUT2D eigenvalue weighted by Crippen LogP contribution is -2.49. The van der Waals surface area contributed by atoms with E-state index in [0.29, 0.717) is 19.5 Å². The molecule has 0 aromatic rings. The molecular formula is C13H23NO4. The normalized spacial score (nSPS) is 25.0. The number of piperidine rings is 1. The van der Waals surface area contributed by atoms with E-state index in [1.54, 1.807) is 25.7 Å². The maximum absolute atomic E-state index is 12.1. The molecule has 1 unspecified atom stereocenters. The van der Waals surface area contributed by atoms with Crippen molar-refractivity contribution in [2.45, 2.75) is 52.1 Å². The first kappa shape index (κ1) is 15.0. The molecule has 18 heavy (non-hydrogen) atoms. The van der Waals surface area contributed by atoms with E-state index in [-0.39, 0.29) is 18.7 Å². The highest BCUT2D eigenvalue weighted by Gasteiger charge is 2.33. The number of carbonyl (C=O) groups excluding carboxylic acids is 1. The summed E-state index contributed by atoms with van der Waals surface area (Å²) in [7, 11) is 0. The maximum atomic E-state index is 12.1. The Morgan fingerprint density at radius 2 is 1.94 bits per heavy atom. The first-order chi connectivity index (χ1) is 8.11. The Bertz CT molecular complexity index is 336. The summed E-state index contributed by atoms with van der Waals surface area (Å²) in [4.78, 5) is 24.5. The second-order valence-corrected chi connectivity index (χ2v) is 6.33. The first-order valence-corrected chi connectivity index (χ1v) is 6.33. The number of hydrogen-bond acceptors (Lipinski definition) is 3. The van der Waals surface area contributed by atoms with Gasteiger partial charge >= 0.3 is 5.97 Å². The highest BCUT2D eigenvalue weighted by molar-refractivity contribution is 5.78. The Morgan fingerprint density at radius 1 is 1.33 bits per heavy atom. The Labute approximate surface area is 108 Å². The number of nitrogens with zero attached hydrogens (tertiary/aromatic N) is 1. The van der Waals surface area contributed by atoms with E-state index in [1.165, 1.54) is 0 Å². The van der Waals surface area contributed by atoms with Gasteiger partial charge in [0.25, 0.3) is 0 Å². The van der Waals surface area contributed by atoms with Gasteiger partial charge < -0.3 is 15.1 Å². The summed E-state index contributed by atoms with van der Waals surface area (Å²) in [6, 6.07) is 0. The molecule has 104 valence electrons. The lowest BCUT2D eigenvalue weighted by Gasteiger charge is -2.38. The van der Waals surface area contributed by atoms with Crippen molar-refractivity contribution in [3.8, 4) is 0 Å². The van der Waals surface area contributed by atoms with Crippen molar-refractivity contribution in [3.63, 3.8) is 0 Å². The third-order valence-corrected chi connectivity index (χ3v) is 3.29. The van der Waals surface area contributed by atoms with E-state index >= 15 is 0 Å². The summed E-state index contributed by atoms with van der Waals surface area (Å²) >= 11 is 0. The van der Waals surface area contributed by atoms with Gasteiger partial charge in [-0.2, -0.15) is 0 Å². The maximum Gasteiger partial charge on any atom is 0.303 e. The fourth-order valence-corrected chi connectivity index (χ4v) is 2.43. The van der Waals surface area contributed by atoms with Crippen LogP contribution < -0.4 is 0 Å². The van der Waals surface area contributed by atoms with Gasteiger partial charge in [0.15, 0.2) is 0 Å². The number of hydrogen-bond donors (Lipinski definition) is 2. The molecule has 0 aliphatic carbocycles. The Hall–Kier alpha value is -1.10. The van der Waals surface area contributed by atoms with Crippen LogP contribution in [0.5, 0.6) is 0 Å². The number of β-amino-alcohol motifs (C(OH)–C–C–N with tert-alkyl or cyclic N) is 1. The fraction of sp³-hybridized carbons (Fsp3) is 0.846. The van der Waals surface area contributed by atoms with Gasteiger partial charge in [-0.3, -0.25) is 9.59 Å². The molecule has 2 N–H and O–H groups in total. The first-order valence-electron chi connectivity index (χ1n) is 6.33. The highest BCUT2D eigenvalue weighted by Crippen LogP contribution is 2.28. The summed E-state index contributed by atoms with van der Waals surface area (Å²) in [5, 5.41) is 18.7. The molecule has 1 aliphatic rings. The molecule has 0 aromatic carbocycles. The van der Waals surface area contributed by atoms with Crippen LogP contribution in [0.2, 0.25) is 0 Å². The number of carboxylic acids is 1. The van der Waals surface area contributed by atoms with Crippen molar-refractivity contribution in [1.29, 1.82) is 0 Å². The molecular weight excluding hydrogens is 234 g/mol. The quantitative estimate of drug-likeness (QED) is 0.794. The van der Waals surface area contributed by atoms with Crippen molar-refractivity contribution in [2.24, 2.45) is 5.41 Å². The molecule has 0 spiro atoms. The van der Waals surface area contributed by atoms with Gasteiger partial charge in [-0.1, -0.05) is 13.8 Å². The number of carbonyl (C=O) groups is 2. The second kappa shape index (κ2) is 5.26. The van der Waals surface area contributed by atoms with Crippen LogP contribution in [-0.2, 0) is 9.59 Å². The molecule has 1 heterocycles. The number of carboxylic acid groups (broad SMARTS) is 1. The van der Waals surface area contributed by atoms with Gasteiger partial charge in [-0.15, -0.1) is 0 Å². The minimum atomic E-state index is -0.890. The molecule has 1 saturated heterocycles. The van der Waals surface area contributed by atoms with Crippen LogP contribution in [0.15, 0.2) is 0 Å². The van der Waals surface area contributed by atoms with E-state index in [0.717, 1.165) is 6.42 Å². The molecule has 1 fully saturated rings. The zero-order valence-corrected chi connectivity index (χ0v) is 11.4. The standard InChI is InChI=1S/C13H23NO4/c1-12(2,8-11(16)17)7-10(15)14-6-4-5-13(3,18)9-14/h18H,4-9H2,1-3H3,(H,16,17). The number of amides is 1. The molecule has 1 rings (SSSR count). The summed E-state index contributed by atoms with van der Waals surface area (Å²) in [5.74, 6) is -0.959. The number of likely N-dealkylation sites (tertiary alicyclic amines) is 1. The van der Waals surface area contributed by atoms with Crippen molar-refractivity contribution < 1.29 is 19.8 Å². The van der Waals surface area contributed by atoms with Crippen molar-refractivity contribution in [1.82, 2.24) is 4.90 Å².